The lowest BCUT2D eigenvalue weighted by Crippen LogP contribution is -1.90. The number of benzene rings is 1. The molecule has 0 heterocycles. The van der Waals surface area contributed by atoms with Gasteiger partial charge in [0.2, 0.25) is 3.79 Å². The highest BCUT2D eigenvalue weighted by molar-refractivity contribution is 14.1. The molecule has 0 aliphatic rings. The molecule has 0 bridgehead atoms. The van der Waals surface area contributed by atoms with Gasteiger partial charge in [0, 0.05) is 40.3 Å². The first-order valence-electron chi connectivity index (χ1n) is 3.05. The van der Waals surface area contributed by atoms with Gasteiger partial charge in [-0.25, -0.2) is 0 Å². The van der Waals surface area contributed by atoms with Crippen molar-refractivity contribution in [2.75, 3.05) is 0 Å². The summed E-state index contributed by atoms with van der Waals surface area (Å²) in [6.07, 6.45) is 0. The monoisotopic (exact) mass is 277 g/mol. The normalized spacial score (nSPS) is 9.42. The molecule has 0 saturated carbocycles. The maximum Gasteiger partial charge on any atom is 0.269 e. The predicted molar refractivity (Wildman–Crippen MR) is 51.4 cm³/mol. The Labute approximate surface area is 81.9 Å². The minimum absolute atomic E-state index is 0.00333. The molecule has 1 aromatic rings. The molecule has 0 radical (unpaired) electrons. The van der Waals surface area contributed by atoms with Crippen LogP contribution >= 0.6 is 22.6 Å². The number of hydrogen-bond donors (Lipinski definition) is 0. The minimum atomic E-state index is -0.499. The van der Waals surface area contributed by atoms with E-state index in [1.807, 2.05) is 0 Å². The molecular formula is C7H4INO3. The van der Waals surface area contributed by atoms with E-state index in [1.54, 1.807) is 22.6 Å². The Morgan fingerprint density at radius 3 is 2.17 bits per heavy atom. The maximum absolute atomic E-state index is 10.7. The summed E-state index contributed by atoms with van der Waals surface area (Å²) in [7, 11) is 0. The SMILES string of the molecule is O=C(I)c1ccc([N+](=O)[O-])cc1. The fourth-order valence-electron chi connectivity index (χ4n) is 0.714. The van der Waals surface area contributed by atoms with Crippen molar-refractivity contribution in [1.82, 2.24) is 0 Å². The number of nitrogens with zero attached hydrogens (tertiary/aromatic N) is 1. The average Bonchev–Trinajstić information content (AvgIpc) is 2.04. The maximum atomic E-state index is 10.7. The number of nitro groups is 1. The van der Waals surface area contributed by atoms with Crippen LogP contribution < -0.4 is 0 Å². The van der Waals surface area contributed by atoms with Crippen LogP contribution in [-0.4, -0.2) is 8.71 Å². The molecule has 0 amide bonds. The number of nitro benzene ring substituents is 1. The van der Waals surface area contributed by atoms with Crippen molar-refractivity contribution in [3.05, 3.63) is 39.9 Å². The number of hydrogen-bond acceptors (Lipinski definition) is 3. The van der Waals surface area contributed by atoms with Gasteiger partial charge in [0.15, 0.2) is 0 Å². The lowest BCUT2D eigenvalue weighted by atomic mass is 10.2. The van der Waals surface area contributed by atoms with Gasteiger partial charge in [-0.15, -0.1) is 0 Å². The van der Waals surface area contributed by atoms with Gasteiger partial charge in [-0.3, -0.25) is 14.9 Å². The molecular weight excluding hydrogens is 273 g/mol. The highest BCUT2D eigenvalue weighted by Crippen LogP contribution is 2.13. The molecule has 0 aromatic heterocycles. The van der Waals surface area contributed by atoms with Gasteiger partial charge in [0.1, 0.15) is 0 Å². The van der Waals surface area contributed by atoms with Crippen molar-refractivity contribution in [3.63, 3.8) is 0 Å². The van der Waals surface area contributed by atoms with Crippen LogP contribution in [0.25, 0.3) is 0 Å². The fraction of sp³-hybridized carbons (Fsp3) is 0. The van der Waals surface area contributed by atoms with Crippen LogP contribution in [0.2, 0.25) is 0 Å². The molecule has 0 aliphatic carbocycles. The second kappa shape index (κ2) is 3.61. The topological polar surface area (TPSA) is 60.2 Å². The zero-order chi connectivity index (χ0) is 9.14. The molecule has 12 heavy (non-hydrogen) atoms. The average molecular weight is 277 g/mol. The van der Waals surface area contributed by atoms with E-state index in [0.717, 1.165) is 0 Å². The van der Waals surface area contributed by atoms with Gasteiger partial charge in [-0.2, -0.15) is 0 Å². The lowest BCUT2D eigenvalue weighted by Gasteiger charge is -1.92. The molecule has 62 valence electrons. The van der Waals surface area contributed by atoms with Gasteiger partial charge >= 0.3 is 0 Å². The van der Waals surface area contributed by atoms with Gasteiger partial charge in [0.25, 0.3) is 5.69 Å². The van der Waals surface area contributed by atoms with Crippen LogP contribution in [-0.2, 0) is 0 Å². The molecule has 1 rings (SSSR count). The molecule has 1 aromatic carbocycles. The van der Waals surface area contributed by atoms with Crippen LogP contribution in [0.3, 0.4) is 0 Å². The highest BCUT2D eigenvalue weighted by Gasteiger charge is 2.05. The third-order valence-electron chi connectivity index (χ3n) is 1.31. The molecule has 0 saturated heterocycles. The van der Waals surface area contributed by atoms with Crippen molar-refractivity contribution in [2.45, 2.75) is 0 Å². The van der Waals surface area contributed by atoms with Crippen LogP contribution in [0.15, 0.2) is 24.3 Å². The van der Waals surface area contributed by atoms with Crippen LogP contribution in [0, 0.1) is 10.1 Å². The quantitative estimate of drug-likeness (QED) is 0.360. The minimum Gasteiger partial charge on any atom is -0.282 e. The van der Waals surface area contributed by atoms with E-state index in [0.29, 0.717) is 5.56 Å². The standard InChI is InChI=1S/C7H4INO3/c8-7(10)5-1-3-6(4-2-5)9(11)12/h1-4H. The highest BCUT2D eigenvalue weighted by atomic mass is 127. The molecule has 0 unspecified atom stereocenters. The Morgan fingerprint density at radius 2 is 1.83 bits per heavy atom. The molecule has 0 spiro atoms. The van der Waals surface area contributed by atoms with Crippen LogP contribution in [0.4, 0.5) is 5.69 Å². The molecule has 0 N–H and O–H groups in total. The Bertz CT molecular complexity index is 287. The van der Waals surface area contributed by atoms with E-state index < -0.39 is 4.92 Å². The summed E-state index contributed by atoms with van der Waals surface area (Å²) in [5.74, 6) is 0. The van der Waals surface area contributed by atoms with Crippen LogP contribution in [0.1, 0.15) is 10.4 Å². The lowest BCUT2D eigenvalue weighted by molar-refractivity contribution is -0.384. The zero-order valence-corrected chi connectivity index (χ0v) is 8.02. The van der Waals surface area contributed by atoms with E-state index in [-0.39, 0.29) is 9.48 Å². The summed E-state index contributed by atoms with van der Waals surface area (Å²) in [6.45, 7) is 0. The van der Waals surface area contributed by atoms with Crippen molar-refractivity contribution >= 4 is 32.1 Å². The first-order valence-corrected chi connectivity index (χ1v) is 4.13. The first-order chi connectivity index (χ1) is 5.61. The Balaban J connectivity index is 3.01. The Morgan fingerprint density at radius 1 is 1.33 bits per heavy atom. The van der Waals surface area contributed by atoms with E-state index in [9.17, 15) is 14.9 Å². The van der Waals surface area contributed by atoms with E-state index >= 15 is 0 Å². The summed E-state index contributed by atoms with van der Waals surface area (Å²) < 4.78 is -0.123. The van der Waals surface area contributed by atoms with Crippen molar-refractivity contribution < 1.29 is 9.72 Å². The molecule has 4 nitrogen and oxygen atoms in total. The van der Waals surface area contributed by atoms with Gasteiger partial charge in [0.05, 0.1) is 4.92 Å². The van der Waals surface area contributed by atoms with Crippen LogP contribution in [0.5, 0.6) is 0 Å². The summed E-state index contributed by atoms with van der Waals surface area (Å²) in [5, 5.41) is 10.2. The van der Waals surface area contributed by atoms with Crippen molar-refractivity contribution in [3.8, 4) is 0 Å². The third-order valence-corrected chi connectivity index (χ3v) is 1.93. The Hall–Kier alpha value is -0.980. The summed E-state index contributed by atoms with van der Waals surface area (Å²) in [6, 6.07) is 5.50. The molecule has 0 atom stereocenters. The van der Waals surface area contributed by atoms with Crippen molar-refractivity contribution in [2.24, 2.45) is 0 Å². The second-order valence-corrected chi connectivity index (χ2v) is 3.06. The molecule has 0 aliphatic heterocycles. The smallest absolute Gasteiger partial charge is 0.269 e. The zero-order valence-electron chi connectivity index (χ0n) is 5.86. The summed E-state index contributed by atoms with van der Waals surface area (Å²) in [4.78, 5) is 20.4. The molecule has 0 fully saturated rings. The number of carbonyl (C=O) groups excluding carboxylic acids is 1. The largest absolute Gasteiger partial charge is 0.282 e. The van der Waals surface area contributed by atoms with E-state index in [2.05, 4.69) is 0 Å². The van der Waals surface area contributed by atoms with E-state index in [1.165, 1.54) is 24.3 Å². The first kappa shape index (κ1) is 9.11. The van der Waals surface area contributed by atoms with Gasteiger partial charge < -0.3 is 0 Å². The third kappa shape index (κ3) is 2.00. The van der Waals surface area contributed by atoms with Gasteiger partial charge in [-0.1, -0.05) is 0 Å². The number of non-ortho nitro benzene ring substituents is 1. The predicted octanol–water partition coefficient (Wildman–Crippen LogP) is 2.17. The Kier molecular flexibility index (Phi) is 2.74. The molecule has 5 heteroatoms. The fourth-order valence-corrected chi connectivity index (χ4v) is 1.07. The number of carbonyl (C=O) groups is 1. The van der Waals surface area contributed by atoms with E-state index in [4.69, 9.17) is 0 Å². The summed E-state index contributed by atoms with van der Waals surface area (Å²) in [5.41, 5.74) is 0.470. The second-order valence-electron chi connectivity index (χ2n) is 2.08. The number of halogens is 1. The summed E-state index contributed by atoms with van der Waals surface area (Å²) >= 11 is 1.63. The van der Waals surface area contributed by atoms with Gasteiger partial charge in [-0.05, 0) is 12.1 Å². The van der Waals surface area contributed by atoms with Crippen molar-refractivity contribution in [1.29, 1.82) is 0 Å². The number of rotatable bonds is 2.